The Hall–Kier alpha value is -1.56. The van der Waals surface area contributed by atoms with Crippen molar-refractivity contribution in [3.05, 3.63) is 15.9 Å². The van der Waals surface area contributed by atoms with E-state index >= 15 is 0 Å². The van der Waals surface area contributed by atoms with Gasteiger partial charge in [-0.25, -0.2) is 9.48 Å². The molecule has 1 aromatic rings. The van der Waals surface area contributed by atoms with Gasteiger partial charge in [-0.3, -0.25) is 0 Å². The number of hydrogen-bond donors (Lipinski definition) is 1. The van der Waals surface area contributed by atoms with Gasteiger partial charge < -0.3 is 5.11 Å². The highest BCUT2D eigenvalue weighted by Crippen LogP contribution is 2.35. The van der Waals surface area contributed by atoms with Gasteiger partial charge in [-0.15, -0.1) is 0 Å². The average molecular weight is 298 g/mol. The highest BCUT2D eigenvalue weighted by molar-refractivity contribution is 9.10. The summed E-state index contributed by atoms with van der Waals surface area (Å²) in [6.07, 6.45) is -4.77. The zero-order valence-corrected chi connectivity index (χ0v) is 9.00. The molecule has 1 heterocycles. The minimum Gasteiger partial charge on any atom is -0.476 e. The number of halogens is 4. The normalized spacial score (nSPS) is 11.2. The molecule has 86 valence electrons. The number of nitrogens with zero attached hydrogens (tertiary/aromatic N) is 3. The molecule has 5 nitrogen and oxygen atoms in total. The van der Waals surface area contributed by atoms with E-state index in [0.717, 1.165) is 0 Å². The molecular weight excluding hydrogens is 295 g/mol. The van der Waals surface area contributed by atoms with Crippen molar-refractivity contribution in [2.45, 2.75) is 12.7 Å². The number of rotatable bonds is 2. The molecule has 0 radical (unpaired) electrons. The van der Waals surface area contributed by atoms with Crippen molar-refractivity contribution in [2.75, 3.05) is 0 Å². The van der Waals surface area contributed by atoms with Gasteiger partial charge in [0.1, 0.15) is 6.54 Å². The first kappa shape index (κ1) is 12.5. The van der Waals surface area contributed by atoms with Gasteiger partial charge in [0.25, 0.3) is 0 Å². The number of hydrogen-bond acceptors (Lipinski definition) is 3. The molecular formula is C7H3BrF3N3O2. The first-order valence-corrected chi connectivity index (χ1v) is 4.52. The molecule has 0 unspecified atom stereocenters. The number of aromatic nitrogens is 2. The summed E-state index contributed by atoms with van der Waals surface area (Å²) in [4.78, 5) is 10.7. The van der Waals surface area contributed by atoms with Crippen LogP contribution < -0.4 is 0 Å². The van der Waals surface area contributed by atoms with Crippen LogP contribution in [0.2, 0.25) is 0 Å². The molecule has 0 atom stereocenters. The van der Waals surface area contributed by atoms with Gasteiger partial charge in [0.15, 0.2) is 11.4 Å². The van der Waals surface area contributed by atoms with Crippen LogP contribution in [-0.2, 0) is 12.7 Å². The SMILES string of the molecule is N#CCn1nc(C(F)(F)F)c(Br)c1C(=O)O. The number of aromatic carboxylic acids is 1. The molecule has 16 heavy (non-hydrogen) atoms. The number of carboxylic acids is 1. The lowest BCUT2D eigenvalue weighted by atomic mass is 10.3. The molecule has 0 saturated carbocycles. The Morgan fingerprint density at radius 1 is 1.62 bits per heavy atom. The Labute approximate surface area is 95.2 Å². The largest absolute Gasteiger partial charge is 0.476 e. The second kappa shape index (κ2) is 4.13. The van der Waals surface area contributed by atoms with Crippen LogP contribution in [-0.4, -0.2) is 20.9 Å². The minimum atomic E-state index is -4.77. The van der Waals surface area contributed by atoms with E-state index in [2.05, 4.69) is 21.0 Å². The van der Waals surface area contributed by atoms with Gasteiger partial charge >= 0.3 is 12.1 Å². The van der Waals surface area contributed by atoms with Crippen molar-refractivity contribution in [3.63, 3.8) is 0 Å². The molecule has 0 bridgehead atoms. The third-order valence-electron chi connectivity index (χ3n) is 1.59. The Morgan fingerprint density at radius 2 is 2.19 bits per heavy atom. The average Bonchev–Trinajstić information content (AvgIpc) is 2.42. The predicted octanol–water partition coefficient (Wildman–Crippen LogP) is 1.89. The fraction of sp³-hybridized carbons (Fsp3) is 0.286. The number of nitriles is 1. The molecule has 1 N–H and O–H groups in total. The standard InChI is InChI=1S/C7H3BrF3N3O2/c8-3-4(6(15)16)14(2-1-12)13-5(3)7(9,10)11/h2H2,(H,15,16). The third-order valence-corrected chi connectivity index (χ3v) is 2.34. The van der Waals surface area contributed by atoms with E-state index in [1.807, 2.05) is 0 Å². The fourth-order valence-electron chi connectivity index (χ4n) is 1.01. The summed E-state index contributed by atoms with van der Waals surface area (Å²) < 4.78 is 36.9. The zero-order valence-electron chi connectivity index (χ0n) is 7.42. The maximum absolute atomic E-state index is 12.4. The summed E-state index contributed by atoms with van der Waals surface area (Å²) >= 11 is 2.51. The molecule has 9 heteroatoms. The highest BCUT2D eigenvalue weighted by atomic mass is 79.9. The molecule has 0 fully saturated rings. The maximum atomic E-state index is 12.4. The van der Waals surface area contributed by atoms with E-state index in [9.17, 15) is 18.0 Å². The maximum Gasteiger partial charge on any atom is 0.436 e. The predicted molar refractivity (Wildman–Crippen MR) is 47.5 cm³/mol. The Kier molecular flexibility index (Phi) is 3.23. The van der Waals surface area contributed by atoms with E-state index in [-0.39, 0.29) is 0 Å². The monoisotopic (exact) mass is 297 g/mol. The lowest BCUT2D eigenvalue weighted by molar-refractivity contribution is -0.142. The molecule has 0 saturated heterocycles. The summed E-state index contributed by atoms with van der Waals surface area (Å²) in [6.45, 7) is -0.573. The van der Waals surface area contributed by atoms with Gasteiger partial charge in [0, 0.05) is 0 Å². The number of carboxylic acid groups (broad SMARTS) is 1. The van der Waals surface area contributed by atoms with Crippen LogP contribution in [0.3, 0.4) is 0 Å². The van der Waals surface area contributed by atoms with E-state index in [4.69, 9.17) is 10.4 Å². The quantitative estimate of drug-likeness (QED) is 0.904. The van der Waals surface area contributed by atoms with Crippen LogP contribution in [0.25, 0.3) is 0 Å². The molecule has 0 aliphatic carbocycles. The second-order valence-electron chi connectivity index (χ2n) is 2.63. The highest BCUT2D eigenvalue weighted by Gasteiger charge is 2.39. The van der Waals surface area contributed by atoms with Crippen LogP contribution in [0.15, 0.2) is 4.47 Å². The van der Waals surface area contributed by atoms with Gasteiger partial charge in [-0.2, -0.15) is 23.5 Å². The molecule has 0 aliphatic heterocycles. The smallest absolute Gasteiger partial charge is 0.436 e. The van der Waals surface area contributed by atoms with E-state index < -0.39 is 34.6 Å². The van der Waals surface area contributed by atoms with Gasteiger partial charge in [0.05, 0.1) is 10.5 Å². The van der Waals surface area contributed by atoms with Crippen molar-refractivity contribution < 1.29 is 23.1 Å². The summed E-state index contributed by atoms with van der Waals surface area (Å²) in [5, 5.41) is 20.0. The van der Waals surface area contributed by atoms with E-state index in [0.29, 0.717) is 4.68 Å². The molecule has 0 aliphatic rings. The Morgan fingerprint density at radius 3 is 2.56 bits per heavy atom. The van der Waals surface area contributed by atoms with Crippen LogP contribution >= 0.6 is 15.9 Å². The summed E-state index contributed by atoms with van der Waals surface area (Å²) in [5.74, 6) is -1.59. The molecule has 0 amide bonds. The van der Waals surface area contributed by atoms with Crippen molar-refractivity contribution >= 4 is 21.9 Å². The first-order valence-electron chi connectivity index (χ1n) is 3.72. The second-order valence-corrected chi connectivity index (χ2v) is 3.42. The lowest BCUT2D eigenvalue weighted by Gasteiger charge is -2.01. The van der Waals surface area contributed by atoms with Gasteiger partial charge in [-0.05, 0) is 15.9 Å². The zero-order chi connectivity index (χ0) is 12.5. The Bertz CT molecular complexity index is 474. The van der Waals surface area contributed by atoms with E-state index in [1.54, 1.807) is 0 Å². The lowest BCUT2D eigenvalue weighted by Crippen LogP contribution is -2.10. The van der Waals surface area contributed by atoms with Crippen LogP contribution in [0.1, 0.15) is 16.2 Å². The third kappa shape index (κ3) is 2.16. The first-order chi connectivity index (χ1) is 7.29. The summed E-state index contributed by atoms with van der Waals surface area (Å²) in [7, 11) is 0. The molecule has 1 rings (SSSR count). The minimum absolute atomic E-state index is 0.481. The number of carbonyl (C=O) groups is 1. The van der Waals surface area contributed by atoms with Crippen molar-refractivity contribution in [1.82, 2.24) is 9.78 Å². The van der Waals surface area contributed by atoms with Crippen molar-refractivity contribution in [1.29, 1.82) is 5.26 Å². The summed E-state index contributed by atoms with van der Waals surface area (Å²) in [6, 6.07) is 1.52. The summed E-state index contributed by atoms with van der Waals surface area (Å²) in [5.41, 5.74) is -2.06. The van der Waals surface area contributed by atoms with Gasteiger partial charge in [-0.1, -0.05) is 0 Å². The van der Waals surface area contributed by atoms with Crippen molar-refractivity contribution in [2.24, 2.45) is 0 Å². The van der Waals surface area contributed by atoms with E-state index in [1.165, 1.54) is 6.07 Å². The van der Waals surface area contributed by atoms with Crippen LogP contribution in [0, 0.1) is 11.3 Å². The molecule has 1 aromatic heterocycles. The molecule has 0 spiro atoms. The van der Waals surface area contributed by atoms with Crippen LogP contribution in [0.5, 0.6) is 0 Å². The topological polar surface area (TPSA) is 78.9 Å². The van der Waals surface area contributed by atoms with Crippen LogP contribution in [0.4, 0.5) is 13.2 Å². The van der Waals surface area contributed by atoms with Gasteiger partial charge in [0.2, 0.25) is 0 Å². The molecule has 0 aromatic carbocycles. The Balaban J connectivity index is 3.43. The fourth-order valence-corrected chi connectivity index (χ4v) is 1.69. The van der Waals surface area contributed by atoms with Crippen molar-refractivity contribution in [3.8, 4) is 6.07 Å². The number of alkyl halides is 3.